The van der Waals surface area contributed by atoms with Gasteiger partial charge < -0.3 is 0 Å². The van der Waals surface area contributed by atoms with Crippen molar-refractivity contribution < 1.29 is 13.2 Å². The Hall–Kier alpha value is -3.03. The zero-order valence-corrected chi connectivity index (χ0v) is 11.1. The molecule has 0 aliphatic rings. The number of nitrogens with two attached hydrogens (primary N) is 1. The molecule has 0 aliphatic carbocycles. The average Bonchev–Trinajstić information content (AvgIpc) is 2.52. The zero-order valence-electron chi connectivity index (χ0n) is 11.1. The van der Waals surface area contributed by atoms with E-state index >= 15 is 0 Å². The number of anilines is 2. The standard InChI is InChI=1S/C15H9F3N4/c16-15(17,18)14-7-13(6-3-11(14)9-20)22(21)12-4-1-10(8-19)2-5-12/h1-7H,21H2. The van der Waals surface area contributed by atoms with Crippen LogP contribution >= 0.6 is 0 Å². The first kappa shape index (κ1) is 15.4. The number of alkyl halides is 3. The lowest BCUT2D eigenvalue weighted by Crippen LogP contribution is -2.25. The van der Waals surface area contributed by atoms with Crippen LogP contribution in [0.3, 0.4) is 0 Å². The number of hydrogen-bond acceptors (Lipinski definition) is 4. The average molecular weight is 302 g/mol. The SMILES string of the molecule is N#Cc1ccc(N(N)c2ccc(C#N)c(C(F)(F)F)c2)cc1. The van der Waals surface area contributed by atoms with Crippen molar-refractivity contribution in [2.45, 2.75) is 6.18 Å². The summed E-state index contributed by atoms with van der Waals surface area (Å²) in [6.07, 6.45) is -4.65. The predicted octanol–water partition coefficient (Wildman–Crippen LogP) is 3.46. The van der Waals surface area contributed by atoms with Gasteiger partial charge in [-0.1, -0.05) is 0 Å². The third-order valence-corrected chi connectivity index (χ3v) is 2.98. The molecule has 0 fully saturated rings. The van der Waals surface area contributed by atoms with E-state index in [2.05, 4.69) is 0 Å². The van der Waals surface area contributed by atoms with Crippen LogP contribution in [-0.4, -0.2) is 0 Å². The second-order valence-electron chi connectivity index (χ2n) is 4.37. The molecule has 0 saturated carbocycles. The van der Waals surface area contributed by atoms with E-state index in [-0.39, 0.29) is 5.69 Å². The van der Waals surface area contributed by atoms with E-state index in [0.717, 1.165) is 17.1 Å². The van der Waals surface area contributed by atoms with Gasteiger partial charge in [0.15, 0.2) is 0 Å². The molecule has 0 amide bonds. The maximum absolute atomic E-state index is 12.9. The van der Waals surface area contributed by atoms with Crippen LogP contribution in [-0.2, 0) is 6.18 Å². The van der Waals surface area contributed by atoms with Gasteiger partial charge in [0.1, 0.15) is 0 Å². The van der Waals surface area contributed by atoms with Crippen LogP contribution in [0.1, 0.15) is 16.7 Å². The Morgan fingerprint density at radius 1 is 0.909 bits per heavy atom. The number of hydrazine groups is 1. The number of halogens is 3. The fourth-order valence-corrected chi connectivity index (χ4v) is 1.86. The van der Waals surface area contributed by atoms with Crippen molar-refractivity contribution in [3.8, 4) is 12.1 Å². The summed E-state index contributed by atoms with van der Waals surface area (Å²) in [5, 5.41) is 18.5. The normalized spacial score (nSPS) is 10.6. The number of hydrogen-bond donors (Lipinski definition) is 1. The topological polar surface area (TPSA) is 76.8 Å². The van der Waals surface area contributed by atoms with Gasteiger partial charge in [-0.05, 0) is 42.5 Å². The summed E-state index contributed by atoms with van der Waals surface area (Å²) in [4.78, 5) is 0. The molecule has 0 heterocycles. The number of nitriles is 2. The zero-order chi connectivity index (χ0) is 16.3. The molecule has 4 nitrogen and oxygen atoms in total. The van der Waals surface area contributed by atoms with Crippen molar-refractivity contribution in [1.82, 2.24) is 0 Å². The lowest BCUT2D eigenvalue weighted by atomic mass is 10.1. The van der Waals surface area contributed by atoms with Gasteiger partial charge in [-0.3, -0.25) is 5.01 Å². The highest BCUT2D eigenvalue weighted by atomic mass is 19.4. The minimum atomic E-state index is -4.65. The molecule has 7 heteroatoms. The van der Waals surface area contributed by atoms with Gasteiger partial charge in [0.05, 0.1) is 40.2 Å². The monoisotopic (exact) mass is 302 g/mol. The van der Waals surface area contributed by atoms with Crippen molar-refractivity contribution in [2.75, 3.05) is 5.01 Å². The van der Waals surface area contributed by atoms with Crippen molar-refractivity contribution in [2.24, 2.45) is 5.84 Å². The molecule has 0 bridgehead atoms. The molecule has 2 N–H and O–H groups in total. The molecule has 0 aromatic heterocycles. The summed E-state index contributed by atoms with van der Waals surface area (Å²) >= 11 is 0. The summed E-state index contributed by atoms with van der Waals surface area (Å²) in [7, 11) is 0. The fourth-order valence-electron chi connectivity index (χ4n) is 1.86. The van der Waals surface area contributed by atoms with E-state index in [9.17, 15) is 13.2 Å². The lowest BCUT2D eigenvalue weighted by Gasteiger charge is -2.20. The van der Waals surface area contributed by atoms with Gasteiger partial charge in [0.25, 0.3) is 0 Å². The molecule has 0 unspecified atom stereocenters. The molecule has 0 aliphatic heterocycles. The van der Waals surface area contributed by atoms with Crippen molar-refractivity contribution >= 4 is 11.4 Å². The first-order chi connectivity index (χ1) is 10.4. The first-order valence-corrected chi connectivity index (χ1v) is 6.03. The summed E-state index contributed by atoms with van der Waals surface area (Å²) in [6, 6.07) is 12.7. The minimum absolute atomic E-state index is 0.0797. The Balaban J connectivity index is 2.44. The van der Waals surface area contributed by atoms with Crippen molar-refractivity contribution in [3.63, 3.8) is 0 Å². The van der Waals surface area contributed by atoms with E-state index in [1.165, 1.54) is 36.4 Å². The third-order valence-electron chi connectivity index (χ3n) is 2.98. The van der Waals surface area contributed by atoms with E-state index < -0.39 is 17.3 Å². The van der Waals surface area contributed by atoms with E-state index in [1.54, 1.807) is 0 Å². The summed E-state index contributed by atoms with van der Waals surface area (Å²) < 4.78 is 38.8. The fraction of sp³-hybridized carbons (Fsp3) is 0.0667. The highest BCUT2D eigenvalue weighted by molar-refractivity contribution is 5.64. The van der Waals surface area contributed by atoms with Crippen LogP contribution in [0.2, 0.25) is 0 Å². The molecule has 0 radical (unpaired) electrons. The van der Waals surface area contributed by atoms with Gasteiger partial charge in [0, 0.05) is 0 Å². The van der Waals surface area contributed by atoms with Gasteiger partial charge in [0.2, 0.25) is 0 Å². The van der Waals surface area contributed by atoms with Gasteiger partial charge in [-0.25, -0.2) is 5.84 Å². The molecule has 0 atom stereocenters. The van der Waals surface area contributed by atoms with Gasteiger partial charge >= 0.3 is 6.18 Å². The maximum Gasteiger partial charge on any atom is 0.417 e. The van der Waals surface area contributed by atoms with E-state index in [0.29, 0.717) is 11.3 Å². The largest absolute Gasteiger partial charge is 0.417 e. The molecular weight excluding hydrogens is 293 g/mol. The molecule has 2 rings (SSSR count). The van der Waals surface area contributed by atoms with Crippen LogP contribution in [0.5, 0.6) is 0 Å². The maximum atomic E-state index is 12.9. The quantitative estimate of drug-likeness (QED) is 0.680. The third kappa shape index (κ3) is 3.00. The molecule has 0 saturated heterocycles. The van der Waals surface area contributed by atoms with Crippen LogP contribution in [0.25, 0.3) is 0 Å². The van der Waals surface area contributed by atoms with Gasteiger partial charge in [-0.2, -0.15) is 23.7 Å². The second kappa shape index (κ2) is 5.76. The van der Waals surface area contributed by atoms with Crippen molar-refractivity contribution in [3.05, 3.63) is 59.2 Å². The first-order valence-electron chi connectivity index (χ1n) is 6.03. The molecule has 110 valence electrons. The highest BCUT2D eigenvalue weighted by Crippen LogP contribution is 2.35. The summed E-state index contributed by atoms with van der Waals surface area (Å²) in [6.45, 7) is 0. The summed E-state index contributed by atoms with van der Waals surface area (Å²) in [5.41, 5.74) is -0.609. The van der Waals surface area contributed by atoms with Crippen LogP contribution in [0.4, 0.5) is 24.5 Å². The van der Waals surface area contributed by atoms with E-state index in [1.807, 2.05) is 6.07 Å². The molecule has 0 spiro atoms. The molecule has 22 heavy (non-hydrogen) atoms. The Bertz CT molecular complexity index is 767. The minimum Gasteiger partial charge on any atom is -0.280 e. The Morgan fingerprint density at radius 3 is 2.00 bits per heavy atom. The van der Waals surface area contributed by atoms with Crippen LogP contribution in [0.15, 0.2) is 42.5 Å². The molecule has 2 aromatic carbocycles. The smallest absolute Gasteiger partial charge is 0.280 e. The molecular formula is C15H9F3N4. The Morgan fingerprint density at radius 2 is 1.50 bits per heavy atom. The second-order valence-corrected chi connectivity index (χ2v) is 4.37. The van der Waals surface area contributed by atoms with Crippen LogP contribution in [0, 0.1) is 22.7 Å². The Labute approximate surface area is 124 Å². The van der Waals surface area contributed by atoms with Gasteiger partial charge in [-0.15, -0.1) is 0 Å². The molecule has 2 aromatic rings. The van der Waals surface area contributed by atoms with Crippen molar-refractivity contribution in [1.29, 1.82) is 10.5 Å². The lowest BCUT2D eigenvalue weighted by molar-refractivity contribution is -0.137. The number of benzene rings is 2. The number of nitrogens with zero attached hydrogens (tertiary/aromatic N) is 3. The Kier molecular flexibility index (Phi) is 4.02. The van der Waals surface area contributed by atoms with E-state index in [4.69, 9.17) is 16.4 Å². The van der Waals surface area contributed by atoms with Crippen LogP contribution < -0.4 is 10.9 Å². The summed E-state index contributed by atoms with van der Waals surface area (Å²) in [5.74, 6) is 5.81. The predicted molar refractivity (Wildman–Crippen MR) is 73.6 cm³/mol. The number of rotatable bonds is 2. The highest BCUT2D eigenvalue weighted by Gasteiger charge is 2.34.